The average Bonchev–Trinajstić information content (AvgIpc) is 2.98. The minimum Gasteiger partial charge on any atom is -0.338 e. The number of piperazine rings is 1. The van der Waals surface area contributed by atoms with Gasteiger partial charge < -0.3 is 9.80 Å². The summed E-state index contributed by atoms with van der Waals surface area (Å²) < 4.78 is 27.6. The third-order valence-corrected chi connectivity index (χ3v) is 7.86. The van der Waals surface area contributed by atoms with E-state index in [1.807, 2.05) is 84.8 Å². The first-order chi connectivity index (χ1) is 19.5. The van der Waals surface area contributed by atoms with Gasteiger partial charge >= 0.3 is 0 Å². The quantitative estimate of drug-likeness (QED) is 0.249. The lowest BCUT2D eigenvalue weighted by Crippen LogP contribution is -2.48. The zero-order chi connectivity index (χ0) is 27.6. The molecular weight excluding hydrogens is 528 g/mol. The van der Waals surface area contributed by atoms with Crippen molar-refractivity contribution >= 4 is 40.0 Å². The Morgan fingerprint density at radius 2 is 1.73 bits per heavy atom. The number of benzene rings is 3. The van der Waals surface area contributed by atoms with Gasteiger partial charge in [0.1, 0.15) is 17.8 Å². The highest BCUT2D eigenvalue weighted by Crippen LogP contribution is 2.35. The van der Waals surface area contributed by atoms with Gasteiger partial charge in [-0.3, -0.25) is 4.90 Å². The highest BCUT2D eigenvalue weighted by Gasteiger charge is 2.29. The summed E-state index contributed by atoms with van der Waals surface area (Å²) in [6.07, 6.45) is 4.85. The third kappa shape index (κ3) is 5.44. The van der Waals surface area contributed by atoms with Crippen molar-refractivity contribution in [1.82, 2.24) is 14.9 Å². The predicted molar refractivity (Wildman–Crippen MR) is 159 cm³/mol. The number of hydrogen-bond donors (Lipinski definition) is 0. The van der Waals surface area contributed by atoms with E-state index in [4.69, 9.17) is 21.6 Å². The molecule has 0 bridgehead atoms. The van der Waals surface area contributed by atoms with Gasteiger partial charge in [-0.05, 0) is 53.6 Å². The molecule has 5 nitrogen and oxygen atoms in total. The lowest BCUT2D eigenvalue weighted by molar-refractivity contribution is 0.210. The van der Waals surface area contributed by atoms with Gasteiger partial charge in [0.05, 0.1) is 11.6 Å². The van der Waals surface area contributed by atoms with Gasteiger partial charge in [-0.15, -0.1) is 0 Å². The smallest absolute Gasteiger partial charge is 0.227 e. The first-order valence-corrected chi connectivity index (χ1v) is 13.9. The first kappa shape index (κ1) is 26.4. The van der Waals surface area contributed by atoms with E-state index >= 15 is 0 Å². The molecule has 1 aromatic heterocycles. The fourth-order valence-electron chi connectivity index (χ4n) is 5.50. The second-order valence-corrected chi connectivity index (χ2v) is 10.6. The van der Waals surface area contributed by atoms with Crippen LogP contribution in [0.3, 0.4) is 0 Å². The van der Waals surface area contributed by atoms with Crippen LogP contribution in [0.1, 0.15) is 18.0 Å². The maximum atomic E-state index is 13.9. The normalized spacial score (nSPS) is 18.6. The zero-order valence-electron chi connectivity index (χ0n) is 22.2. The minimum atomic E-state index is -0.959. The maximum Gasteiger partial charge on any atom is 0.227 e. The lowest BCUT2D eigenvalue weighted by Gasteiger charge is -2.40. The zero-order valence-corrected chi connectivity index (χ0v) is 23.0. The Balaban J connectivity index is 1.28. The van der Waals surface area contributed by atoms with Crippen molar-refractivity contribution in [3.63, 3.8) is 0 Å². The fourth-order valence-corrected chi connectivity index (χ4v) is 5.69. The molecule has 2 heterocycles. The van der Waals surface area contributed by atoms with Crippen LogP contribution in [0.4, 0.5) is 26.2 Å². The highest BCUT2D eigenvalue weighted by molar-refractivity contribution is 6.30. The van der Waals surface area contributed by atoms with Crippen LogP contribution < -0.4 is 9.80 Å². The number of hydrogen-bond acceptors (Lipinski definition) is 5. The molecule has 8 heteroatoms. The van der Waals surface area contributed by atoms with Crippen LogP contribution >= 0.6 is 11.6 Å². The number of anilines is 3. The third-order valence-electron chi connectivity index (χ3n) is 7.62. The molecule has 2 unspecified atom stereocenters. The van der Waals surface area contributed by atoms with E-state index in [1.54, 1.807) is 6.08 Å². The van der Waals surface area contributed by atoms with Crippen molar-refractivity contribution in [1.29, 1.82) is 0 Å². The van der Waals surface area contributed by atoms with Gasteiger partial charge in [-0.25, -0.2) is 13.8 Å². The lowest BCUT2D eigenvalue weighted by atomic mass is 9.92. The fraction of sp³-hybridized carbons (Fsp3) is 0.250. The summed E-state index contributed by atoms with van der Waals surface area (Å²) in [6.45, 7) is 2.95. The first-order valence-electron chi connectivity index (χ1n) is 13.5. The molecule has 0 amide bonds. The van der Waals surface area contributed by atoms with Crippen LogP contribution in [0.25, 0.3) is 10.9 Å². The number of para-hydroxylation sites is 1. The number of fused-ring (bicyclic) bond motifs is 1. The average molecular weight is 558 g/mol. The van der Waals surface area contributed by atoms with E-state index in [0.717, 1.165) is 59.7 Å². The summed E-state index contributed by atoms with van der Waals surface area (Å²) in [5.41, 5.74) is 3.86. The highest BCUT2D eigenvalue weighted by atomic mass is 35.5. The predicted octanol–water partition coefficient (Wildman–Crippen LogP) is 7.28. The summed E-state index contributed by atoms with van der Waals surface area (Å²) in [5.74, 6) is 1.22. The Labute approximate surface area is 238 Å². The second kappa shape index (κ2) is 11.4. The Hall–Kier alpha value is -3.81. The number of rotatable bonds is 6. The molecule has 3 aromatic carbocycles. The maximum absolute atomic E-state index is 13.9. The van der Waals surface area contributed by atoms with Crippen LogP contribution in [-0.4, -0.2) is 54.3 Å². The number of nitrogens with zero attached hydrogens (tertiary/aromatic N) is 5. The second-order valence-electron chi connectivity index (χ2n) is 10.2. The molecule has 0 N–H and O–H groups in total. The van der Waals surface area contributed by atoms with Gasteiger partial charge in [-0.1, -0.05) is 60.2 Å². The minimum absolute atomic E-state index is 0.0754. The Morgan fingerprint density at radius 3 is 2.45 bits per heavy atom. The van der Waals surface area contributed by atoms with Crippen LogP contribution in [0, 0.1) is 5.82 Å². The van der Waals surface area contributed by atoms with E-state index in [0.29, 0.717) is 17.4 Å². The Bertz CT molecular complexity index is 1560. The van der Waals surface area contributed by atoms with Gasteiger partial charge in [-0.2, -0.15) is 4.98 Å². The largest absolute Gasteiger partial charge is 0.338 e. The van der Waals surface area contributed by atoms with Crippen LogP contribution in [0.2, 0.25) is 5.02 Å². The number of allylic oxidation sites excluding steroid dienone is 2. The van der Waals surface area contributed by atoms with Crippen molar-refractivity contribution < 1.29 is 8.78 Å². The van der Waals surface area contributed by atoms with Crippen molar-refractivity contribution in [2.24, 2.45) is 0 Å². The number of alkyl halides is 1. The topological polar surface area (TPSA) is 35.5 Å². The molecule has 204 valence electrons. The summed E-state index contributed by atoms with van der Waals surface area (Å²) >= 11 is 6.28. The van der Waals surface area contributed by atoms with Crippen molar-refractivity contribution in [2.45, 2.75) is 18.6 Å². The van der Waals surface area contributed by atoms with Crippen LogP contribution in [0.5, 0.6) is 0 Å². The molecule has 1 aliphatic carbocycles. The Morgan fingerprint density at radius 1 is 0.950 bits per heavy atom. The molecule has 1 saturated heterocycles. The molecule has 6 rings (SSSR count). The van der Waals surface area contributed by atoms with E-state index in [1.165, 1.54) is 12.1 Å². The van der Waals surface area contributed by atoms with Crippen molar-refractivity contribution in [3.8, 4) is 0 Å². The standard InChI is InChI=1S/C32H30ClF2N5/c1-38(27-6-4-5-24(33)21-27)31-28-7-2-3-8-29(28)36-32(37-31)40-19-17-39(18-20-40)30(22-9-13-25(34)14-10-22)23-11-15-26(35)16-12-23/h2-15,21,26,30H,16-20H2,1H3. The van der Waals surface area contributed by atoms with E-state index in [9.17, 15) is 8.78 Å². The number of aromatic nitrogens is 2. The molecular formula is C32H30ClF2N5. The molecule has 4 aromatic rings. The molecule has 40 heavy (non-hydrogen) atoms. The van der Waals surface area contributed by atoms with E-state index < -0.39 is 6.17 Å². The molecule has 0 spiro atoms. The SMILES string of the molecule is CN(c1cccc(Cl)c1)c1nc(N2CCN(C(C3=CCC(F)C=C3)c3ccc(F)cc3)CC2)nc2ccccc12. The molecule has 0 radical (unpaired) electrons. The molecule has 1 fully saturated rings. The van der Waals surface area contributed by atoms with E-state index in [2.05, 4.69) is 9.80 Å². The van der Waals surface area contributed by atoms with Gasteiger partial charge in [0.15, 0.2) is 0 Å². The number of halogens is 3. The summed E-state index contributed by atoms with van der Waals surface area (Å²) in [5, 5.41) is 1.63. The van der Waals surface area contributed by atoms with E-state index in [-0.39, 0.29) is 11.9 Å². The molecule has 1 aliphatic heterocycles. The van der Waals surface area contributed by atoms with Crippen LogP contribution in [0.15, 0.2) is 96.6 Å². The van der Waals surface area contributed by atoms with Gasteiger partial charge in [0.2, 0.25) is 5.95 Å². The van der Waals surface area contributed by atoms with Crippen molar-refractivity contribution in [3.05, 3.63) is 113 Å². The summed E-state index contributed by atoms with van der Waals surface area (Å²) in [4.78, 5) is 16.6. The van der Waals surface area contributed by atoms with Gasteiger partial charge in [0.25, 0.3) is 0 Å². The molecule has 0 saturated carbocycles. The monoisotopic (exact) mass is 557 g/mol. The van der Waals surface area contributed by atoms with Crippen LogP contribution in [-0.2, 0) is 0 Å². The van der Waals surface area contributed by atoms with Gasteiger partial charge in [0, 0.05) is 55.7 Å². The van der Waals surface area contributed by atoms with Crippen molar-refractivity contribution in [2.75, 3.05) is 43.0 Å². The molecule has 2 atom stereocenters. The summed E-state index contributed by atoms with van der Waals surface area (Å²) in [6, 6.07) is 22.3. The summed E-state index contributed by atoms with van der Waals surface area (Å²) in [7, 11) is 1.99. The molecule has 2 aliphatic rings. The Kier molecular flexibility index (Phi) is 7.50.